The van der Waals surface area contributed by atoms with Gasteiger partial charge in [-0.3, -0.25) is 10.1 Å². The highest BCUT2D eigenvalue weighted by Crippen LogP contribution is 2.27. The Labute approximate surface area is 133 Å². The van der Waals surface area contributed by atoms with E-state index in [4.69, 9.17) is 0 Å². The number of rotatable bonds is 2. The molecule has 2 heterocycles. The quantitative estimate of drug-likeness (QED) is 0.320. The molecule has 24 heavy (non-hydrogen) atoms. The number of nitrogens with zero attached hydrogens (tertiary/aromatic N) is 4. The van der Waals surface area contributed by atoms with Gasteiger partial charge in [0.1, 0.15) is 22.3 Å². The van der Waals surface area contributed by atoms with E-state index in [0.717, 1.165) is 4.68 Å². The third kappa shape index (κ3) is 1.97. The lowest BCUT2D eigenvalue weighted by Crippen LogP contribution is -2.26. The van der Waals surface area contributed by atoms with Crippen LogP contribution in [0.3, 0.4) is 0 Å². The fourth-order valence-corrected chi connectivity index (χ4v) is 2.66. The second kappa shape index (κ2) is 4.98. The van der Waals surface area contributed by atoms with Crippen molar-refractivity contribution in [3.05, 3.63) is 70.5 Å². The first-order valence-corrected chi connectivity index (χ1v) is 7.00. The minimum absolute atomic E-state index is 0.0738. The van der Waals surface area contributed by atoms with Crippen LogP contribution in [0.2, 0.25) is 0 Å². The van der Waals surface area contributed by atoms with Crippen LogP contribution >= 0.6 is 0 Å². The molecule has 0 amide bonds. The van der Waals surface area contributed by atoms with Crippen molar-refractivity contribution in [3.63, 3.8) is 0 Å². The molecule has 0 N–H and O–H groups in total. The Hall–Kier alpha value is -3.55. The number of hydrogen-bond acceptors (Lipinski definition) is 4. The number of halogens is 1. The van der Waals surface area contributed by atoms with Crippen LogP contribution in [0.4, 0.5) is 10.1 Å². The summed E-state index contributed by atoms with van der Waals surface area (Å²) in [6, 6.07) is 13.1. The highest BCUT2D eigenvalue weighted by molar-refractivity contribution is 5.87. The molecule has 0 fully saturated rings. The summed E-state index contributed by atoms with van der Waals surface area (Å²) in [5.41, 5.74) is 0.725. The largest absolute Gasteiger partial charge is 0.837 e. The van der Waals surface area contributed by atoms with Gasteiger partial charge in [-0.25, -0.2) is 4.39 Å². The third-order valence-corrected chi connectivity index (χ3v) is 3.77. The summed E-state index contributed by atoms with van der Waals surface area (Å²) in [7, 11) is 0. The Morgan fingerprint density at radius 1 is 1.08 bits per heavy atom. The van der Waals surface area contributed by atoms with E-state index in [1.165, 1.54) is 34.8 Å². The molecule has 0 aliphatic rings. The van der Waals surface area contributed by atoms with E-state index in [1.807, 2.05) is 0 Å². The van der Waals surface area contributed by atoms with Crippen LogP contribution in [0.1, 0.15) is 0 Å². The Morgan fingerprint density at radius 3 is 2.50 bits per heavy atom. The van der Waals surface area contributed by atoms with Crippen LogP contribution in [0.5, 0.6) is 5.88 Å². The van der Waals surface area contributed by atoms with E-state index in [9.17, 15) is 19.6 Å². The van der Waals surface area contributed by atoms with Crippen molar-refractivity contribution in [2.45, 2.75) is 0 Å². The zero-order valence-corrected chi connectivity index (χ0v) is 12.1. The molecule has 0 aliphatic carbocycles. The zero-order valence-electron chi connectivity index (χ0n) is 12.1. The first-order valence-electron chi connectivity index (χ1n) is 7.00. The molecule has 0 aliphatic heterocycles. The van der Waals surface area contributed by atoms with E-state index >= 15 is 0 Å². The maximum atomic E-state index is 13.1. The molecule has 4 rings (SSSR count). The average Bonchev–Trinajstić information content (AvgIpc) is 2.92. The first kappa shape index (κ1) is 14.1. The molecule has 0 unspecified atom stereocenters. The zero-order chi connectivity index (χ0) is 16.8. The Balaban J connectivity index is 2.10. The molecule has 7 nitrogen and oxygen atoms in total. The summed E-state index contributed by atoms with van der Waals surface area (Å²) in [6.45, 7) is 0. The topological polar surface area (TPSA) is 88.1 Å². The van der Waals surface area contributed by atoms with Gasteiger partial charge in [-0.05, 0) is 36.4 Å². The van der Waals surface area contributed by atoms with E-state index in [1.54, 1.807) is 24.3 Å². The first-order chi connectivity index (χ1) is 11.6. The van der Waals surface area contributed by atoms with Gasteiger partial charge in [-0.15, -0.1) is 4.68 Å². The minimum Gasteiger partial charge on any atom is -0.837 e. The minimum atomic E-state index is -0.531. The lowest BCUT2D eigenvalue weighted by molar-refractivity contribution is -0.556. The van der Waals surface area contributed by atoms with Crippen molar-refractivity contribution in [1.29, 1.82) is 0 Å². The van der Waals surface area contributed by atoms with Gasteiger partial charge < -0.3 is 5.11 Å². The Morgan fingerprint density at radius 2 is 1.79 bits per heavy atom. The normalized spacial score (nSPS) is 11.2. The van der Waals surface area contributed by atoms with Crippen molar-refractivity contribution in [2.75, 3.05) is 0 Å². The van der Waals surface area contributed by atoms with Gasteiger partial charge in [-0.1, -0.05) is 16.6 Å². The smallest absolute Gasteiger partial charge is 0.285 e. The van der Waals surface area contributed by atoms with Crippen LogP contribution in [-0.2, 0) is 0 Å². The van der Waals surface area contributed by atoms with Gasteiger partial charge in [-0.2, -0.15) is 0 Å². The number of benzene rings is 2. The van der Waals surface area contributed by atoms with E-state index < -0.39 is 16.6 Å². The van der Waals surface area contributed by atoms with Gasteiger partial charge in [0, 0.05) is 0 Å². The molecule has 0 saturated carbocycles. The summed E-state index contributed by atoms with van der Waals surface area (Å²) in [4.78, 5) is 10.8. The van der Waals surface area contributed by atoms with E-state index in [-0.39, 0.29) is 11.2 Å². The average molecular weight is 324 g/mol. The van der Waals surface area contributed by atoms with Crippen molar-refractivity contribution >= 4 is 22.1 Å². The molecule has 0 saturated heterocycles. The maximum Gasteiger partial charge on any atom is 0.285 e. The second-order valence-corrected chi connectivity index (χ2v) is 5.18. The molecule has 0 spiro atoms. The highest BCUT2D eigenvalue weighted by Gasteiger charge is 2.24. The highest BCUT2D eigenvalue weighted by atomic mass is 19.1. The predicted octanol–water partition coefficient (Wildman–Crippen LogP) is 1.89. The van der Waals surface area contributed by atoms with E-state index in [2.05, 4.69) is 5.21 Å². The number of fused-ring (bicyclic) bond motifs is 3. The molecule has 2 aromatic heterocycles. The van der Waals surface area contributed by atoms with Gasteiger partial charge in [0.05, 0.1) is 11.0 Å². The SMILES string of the molecule is O=[N+]([O-])c1cc2c([O-])n(-c3ccc(F)cc3)n[n+]2c2ccccc12. The summed E-state index contributed by atoms with van der Waals surface area (Å²) in [5, 5.41) is 28.5. The monoisotopic (exact) mass is 324 g/mol. The molecule has 0 atom stereocenters. The van der Waals surface area contributed by atoms with Gasteiger partial charge in [0.2, 0.25) is 0 Å². The number of aromatic nitrogens is 3. The number of para-hydroxylation sites is 1. The van der Waals surface area contributed by atoms with Crippen LogP contribution in [0.15, 0.2) is 54.6 Å². The fraction of sp³-hybridized carbons (Fsp3) is 0. The second-order valence-electron chi connectivity index (χ2n) is 5.18. The van der Waals surface area contributed by atoms with Crippen molar-refractivity contribution in [2.24, 2.45) is 0 Å². The molecule has 8 heteroatoms. The lowest BCUT2D eigenvalue weighted by Gasteiger charge is -2.01. The van der Waals surface area contributed by atoms with Crippen molar-refractivity contribution in [3.8, 4) is 11.6 Å². The Bertz CT molecular complexity index is 1110. The molecule has 0 bridgehead atoms. The lowest BCUT2D eigenvalue weighted by atomic mass is 10.2. The molecular weight excluding hydrogens is 315 g/mol. The number of nitro groups is 1. The maximum absolute atomic E-state index is 13.1. The van der Waals surface area contributed by atoms with Crippen LogP contribution in [-0.4, -0.2) is 14.8 Å². The Kier molecular flexibility index (Phi) is 2.92. The molecular formula is C16H9FN4O3. The van der Waals surface area contributed by atoms with E-state index in [0.29, 0.717) is 16.6 Å². The molecule has 4 aromatic rings. The van der Waals surface area contributed by atoms with Crippen LogP contribution in [0, 0.1) is 15.9 Å². The van der Waals surface area contributed by atoms with Crippen molar-refractivity contribution < 1.29 is 18.9 Å². The van der Waals surface area contributed by atoms with Gasteiger partial charge in [0.15, 0.2) is 16.7 Å². The molecule has 0 radical (unpaired) electrons. The third-order valence-electron chi connectivity index (χ3n) is 3.77. The van der Waals surface area contributed by atoms with Crippen LogP contribution in [0.25, 0.3) is 22.1 Å². The number of pyridine rings is 1. The predicted molar refractivity (Wildman–Crippen MR) is 80.3 cm³/mol. The summed E-state index contributed by atoms with van der Waals surface area (Å²) < 4.78 is 15.5. The summed E-state index contributed by atoms with van der Waals surface area (Å²) >= 11 is 0. The fourth-order valence-electron chi connectivity index (χ4n) is 2.66. The van der Waals surface area contributed by atoms with Gasteiger partial charge in [0.25, 0.3) is 5.69 Å². The van der Waals surface area contributed by atoms with Gasteiger partial charge >= 0.3 is 0 Å². The van der Waals surface area contributed by atoms with Crippen molar-refractivity contribution in [1.82, 2.24) is 9.90 Å². The molecule has 2 aromatic carbocycles. The number of hydrogen-bond donors (Lipinski definition) is 0. The standard InChI is InChI=1S/C16H9FN4O3/c17-10-5-7-11(8-6-10)19-16(22)15-9-14(21(23)24)12-3-1-2-4-13(12)20(15)18-19/h1-9H. The summed E-state index contributed by atoms with van der Waals surface area (Å²) in [5.74, 6) is -0.952. The van der Waals surface area contributed by atoms with Crippen LogP contribution < -0.4 is 9.62 Å². The molecule has 118 valence electrons. The summed E-state index contributed by atoms with van der Waals surface area (Å²) in [6.07, 6.45) is 0.